The molecule has 2 heteroatoms. The lowest BCUT2D eigenvalue weighted by molar-refractivity contribution is 0.673. The summed E-state index contributed by atoms with van der Waals surface area (Å²) in [6.07, 6.45) is 8.85. The topological polar surface area (TPSA) is 13.1 Å². The van der Waals surface area contributed by atoms with Gasteiger partial charge in [0.05, 0.1) is 0 Å². The number of hydrogen-bond acceptors (Lipinski definition) is 2. The van der Waals surface area contributed by atoms with Crippen LogP contribution in [-0.4, -0.2) is 0 Å². The third kappa shape index (κ3) is 5.54. The zero-order valence-corrected chi connectivity index (χ0v) is 31.8. The largest absolute Gasteiger partial charge is 0.455 e. The smallest absolute Gasteiger partial charge is 0.145 e. The Labute approximate surface area is 319 Å². The highest BCUT2D eigenvalue weighted by molar-refractivity contribution is 7.21. The molecule has 54 heavy (non-hydrogen) atoms. The summed E-state index contributed by atoms with van der Waals surface area (Å²) in [5, 5.41) is 11.0. The van der Waals surface area contributed by atoms with Crippen molar-refractivity contribution >= 4 is 83.1 Å². The molecule has 0 fully saturated rings. The molecule has 0 atom stereocenters. The average Bonchev–Trinajstić information content (AvgIpc) is 3.76. The number of aryl methyl sites for hydroxylation is 1. The average molecular weight is 713 g/mol. The Balaban J connectivity index is 1.21. The lowest BCUT2D eigenvalue weighted by Crippen LogP contribution is -2.27. The van der Waals surface area contributed by atoms with E-state index in [-0.39, 0.29) is 0 Å². The van der Waals surface area contributed by atoms with Gasteiger partial charge in [-0.05, 0) is 111 Å². The maximum Gasteiger partial charge on any atom is 0.145 e. The molecule has 0 spiro atoms. The molecule has 7 aromatic carbocycles. The predicted octanol–water partition coefficient (Wildman–Crippen LogP) is 14.2. The second kappa shape index (κ2) is 14.0. The van der Waals surface area contributed by atoms with Crippen LogP contribution in [0.1, 0.15) is 31.2 Å². The molecule has 9 rings (SSSR count). The SMILES string of the molecule is CC=c1c(-c2ccc(-c3ccc4oc5c6c(C)c(/C=C\C)sc6c6ccccc6c5c4c3)cc2)ccccccc(-c2cccc3ccccc23)/c1=C/C. The Kier molecular flexibility index (Phi) is 8.69. The van der Waals surface area contributed by atoms with Crippen molar-refractivity contribution in [3.63, 3.8) is 0 Å². The van der Waals surface area contributed by atoms with Crippen LogP contribution in [0.25, 0.3) is 105 Å². The maximum absolute atomic E-state index is 6.73. The van der Waals surface area contributed by atoms with Gasteiger partial charge in [0, 0.05) is 31.1 Å². The van der Waals surface area contributed by atoms with Crippen LogP contribution < -0.4 is 10.4 Å². The van der Waals surface area contributed by atoms with Crippen molar-refractivity contribution in [3.05, 3.63) is 173 Å². The Morgan fingerprint density at radius 3 is 1.87 bits per heavy atom. The molecule has 0 radical (unpaired) electrons. The number of hydrogen-bond donors (Lipinski definition) is 0. The molecule has 0 bridgehead atoms. The molecular formula is C52H40OS. The summed E-state index contributed by atoms with van der Waals surface area (Å²) in [5.74, 6) is 0. The van der Waals surface area contributed by atoms with Gasteiger partial charge in [-0.3, -0.25) is 0 Å². The van der Waals surface area contributed by atoms with Gasteiger partial charge < -0.3 is 4.42 Å². The van der Waals surface area contributed by atoms with E-state index in [2.05, 4.69) is 198 Å². The lowest BCUT2D eigenvalue weighted by Gasteiger charge is -2.10. The highest BCUT2D eigenvalue weighted by Crippen LogP contribution is 2.46. The quantitative estimate of drug-likeness (QED) is 0.177. The van der Waals surface area contributed by atoms with E-state index in [0.717, 1.165) is 16.6 Å². The van der Waals surface area contributed by atoms with Crippen LogP contribution in [0.2, 0.25) is 0 Å². The summed E-state index contributed by atoms with van der Waals surface area (Å²) in [5.41, 5.74) is 10.3. The van der Waals surface area contributed by atoms with Gasteiger partial charge in [-0.2, -0.15) is 0 Å². The Hall–Kier alpha value is -6.22. The zero-order chi connectivity index (χ0) is 36.8. The number of benzene rings is 6. The summed E-state index contributed by atoms with van der Waals surface area (Å²) in [6, 6.07) is 52.7. The van der Waals surface area contributed by atoms with Crippen molar-refractivity contribution in [1.82, 2.24) is 0 Å². The maximum atomic E-state index is 6.73. The van der Waals surface area contributed by atoms with Crippen molar-refractivity contribution in [1.29, 1.82) is 0 Å². The first kappa shape index (κ1) is 33.6. The second-order valence-corrected chi connectivity index (χ2v) is 14.8. The summed E-state index contributed by atoms with van der Waals surface area (Å²) >= 11 is 1.85. The van der Waals surface area contributed by atoms with Gasteiger partial charge in [-0.25, -0.2) is 0 Å². The van der Waals surface area contributed by atoms with Crippen molar-refractivity contribution in [2.24, 2.45) is 0 Å². The minimum Gasteiger partial charge on any atom is -0.455 e. The number of rotatable bonds is 4. The number of thiophene rings is 1. The minimum absolute atomic E-state index is 0.917. The number of allylic oxidation sites excluding steroid dienone is 1. The second-order valence-electron chi connectivity index (χ2n) is 13.8. The molecule has 0 amide bonds. The molecule has 260 valence electrons. The lowest BCUT2D eigenvalue weighted by atomic mass is 9.94. The minimum atomic E-state index is 0.917. The van der Waals surface area contributed by atoms with E-state index in [4.69, 9.17) is 4.42 Å². The summed E-state index contributed by atoms with van der Waals surface area (Å²) in [4.78, 5) is 1.28. The Morgan fingerprint density at radius 2 is 1.11 bits per heavy atom. The standard InChI is InChI=1S/C52H40OS/c1-5-17-48-33(4)49-51-50(44-23-14-15-24-45(44)52(49)54-48)46-32-37(30-31-47(46)53-51)34-26-28-36(29-27-34)40-20-10-8-9-11-22-42(39(7-3)38(40)6-2)43-25-16-19-35-18-12-13-21-41(35)43/h5-32H,1-4H3/b10-8?,11-9?,17-5-,38-6?,39-7+,40-20?,42-22?. The molecule has 0 unspecified atom stereocenters. The highest BCUT2D eigenvalue weighted by Gasteiger charge is 2.20. The van der Waals surface area contributed by atoms with Crippen molar-refractivity contribution in [3.8, 4) is 33.4 Å². The first-order valence-corrected chi connectivity index (χ1v) is 19.5. The fourth-order valence-electron chi connectivity index (χ4n) is 8.24. The van der Waals surface area contributed by atoms with Crippen LogP contribution in [0.15, 0.2) is 156 Å². The molecule has 0 aliphatic heterocycles. The summed E-state index contributed by atoms with van der Waals surface area (Å²) < 4.78 is 8.03. The highest BCUT2D eigenvalue weighted by atomic mass is 32.1. The fourth-order valence-corrected chi connectivity index (χ4v) is 9.55. The summed E-state index contributed by atoms with van der Waals surface area (Å²) in [6.45, 7) is 8.60. The monoisotopic (exact) mass is 712 g/mol. The van der Waals surface area contributed by atoms with Gasteiger partial charge in [0.2, 0.25) is 0 Å². The van der Waals surface area contributed by atoms with Gasteiger partial charge in [0.25, 0.3) is 0 Å². The van der Waals surface area contributed by atoms with E-state index in [9.17, 15) is 0 Å². The van der Waals surface area contributed by atoms with Gasteiger partial charge in [-0.1, -0.05) is 152 Å². The third-order valence-corrected chi connectivity index (χ3v) is 12.1. The Bertz CT molecular complexity index is 3130. The normalized spacial score (nSPS) is 12.6. The van der Waals surface area contributed by atoms with Crippen LogP contribution in [0.4, 0.5) is 0 Å². The Morgan fingerprint density at radius 1 is 0.500 bits per heavy atom. The molecule has 0 N–H and O–H groups in total. The number of furan rings is 1. The first-order valence-electron chi connectivity index (χ1n) is 18.7. The molecule has 0 aliphatic carbocycles. The van der Waals surface area contributed by atoms with E-state index in [1.807, 2.05) is 11.3 Å². The van der Waals surface area contributed by atoms with Crippen LogP contribution >= 0.6 is 11.3 Å². The summed E-state index contributed by atoms with van der Waals surface area (Å²) in [7, 11) is 0. The predicted molar refractivity (Wildman–Crippen MR) is 237 cm³/mol. The van der Waals surface area contributed by atoms with E-state index in [0.29, 0.717) is 0 Å². The molecule has 9 aromatic rings. The fraction of sp³-hybridized carbons (Fsp3) is 0.0769. The molecule has 2 aromatic heterocycles. The number of fused-ring (bicyclic) bond motifs is 9. The van der Waals surface area contributed by atoms with Crippen molar-refractivity contribution in [2.75, 3.05) is 0 Å². The van der Waals surface area contributed by atoms with Crippen LogP contribution in [0, 0.1) is 6.92 Å². The van der Waals surface area contributed by atoms with E-state index in [1.165, 1.54) is 91.3 Å². The van der Waals surface area contributed by atoms with Crippen LogP contribution in [0.3, 0.4) is 0 Å². The zero-order valence-electron chi connectivity index (χ0n) is 31.0. The third-order valence-electron chi connectivity index (χ3n) is 10.8. The van der Waals surface area contributed by atoms with Crippen LogP contribution in [0.5, 0.6) is 0 Å². The molecule has 1 nitrogen and oxygen atoms in total. The molecular weight excluding hydrogens is 673 g/mol. The van der Waals surface area contributed by atoms with Crippen LogP contribution in [-0.2, 0) is 0 Å². The van der Waals surface area contributed by atoms with Gasteiger partial charge in [0.1, 0.15) is 11.2 Å². The molecule has 2 heterocycles. The molecule has 0 saturated heterocycles. The molecule has 0 aliphatic rings. The van der Waals surface area contributed by atoms with E-state index < -0.39 is 0 Å². The van der Waals surface area contributed by atoms with Gasteiger partial charge >= 0.3 is 0 Å². The van der Waals surface area contributed by atoms with Crippen molar-refractivity contribution < 1.29 is 4.42 Å². The van der Waals surface area contributed by atoms with Gasteiger partial charge in [-0.15, -0.1) is 11.3 Å². The van der Waals surface area contributed by atoms with Gasteiger partial charge in [0.15, 0.2) is 0 Å². The van der Waals surface area contributed by atoms with Crippen molar-refractivity contribution in [2.45, 2.75) is 27.7 Å². The van der Waals surface area contributed by atoms with E-state index >= 15 is 0 Å². The molecule has 0 saturated carbocycles. The first-order chi connectivity index (χ1) is 26.6. The van der Waals surface area contributed by atoms with E-state index in [1.54, 1.807) is 0 Å².